The zero-order chi connectivity index (χ0) is 12.3. The molecule has 88 valence electrons. The Morgan fingerprint density at radius 1 is 1.18 bits per heavy atom. The minimum absolute atomic E-state index is 0.571. The van der Waals surface area contributed by atoms with Gasteiger partial charge in [-0.1, -0.05) is 29.8 Å². The first-order valence-electron chi connectivity index (χ1n) is 5.64. The quantitative estimate of drug-likeness (QED) is 0.876. The molecule has 2 N–H and O–H groups in total. The fourth-order valence-corrected chi connectivity index (χ4v) is 1.78. The van der Waals surface area contributed by atoms with E-state index in [1.54, 1.807) is 6.20 Å². The van der Waals surface area contributed by atoms with Crippen LogP contribution in [0.2, 0.25) is 0 Å². The minimum Gasteiger partial charge on any atom is -0.382 e. The van der Waals surface area contributed by atoms with Crippen molar-refractivity contribution in [2.24, 2.45) is 0 Å². The maximum absolute atomic E-state index is 5.85. The molecule has 3 heteroatoms. The molecule has 0 bridgehead atoms. The molecule has 0 fully saturated rings. The van der Waals surface area contributed by atoms with Gasteiger partial charge in [-0.05, 0) is 24.6 Å². The van der Waals surface area contributed by atoms with Gasteiger partial charge in [-0.2, -0.15) is 0 Å². The number of hydrogen-bond acceptors (Lipinski definition) is 3. The molecule has 1 aromatic heterocycles. The third-order valence-electron chi connectivity index (χ3n) is 2.77. The number of nitrogens with zero attached hydrogens (tertiary/aromatic N) is 2. The number of nitrogen functional groups attached to an aromatic ring is 1. The average molecular weight is 227 g/mol. The fourth-order valence-electron chi connectivity index (χ4n) is 1.78. The van der Waals surface area contributed by atoms with Crippen molar-refractivity contribution in [3.8, 4) is 0 Å². The van der Waals surface area contributed by atoms with Crippen LogP contribution in [0.1, 0.15) is 11.1 Å². The van der Waals surface area contributed by atoms with Gasteiger partial charge in [0.15, 0.2) is 0 Å². The van der Waals surface area contributed by atoms with E-state index in [2.05, 4.69) is 41.1 Å². The van der Waals surface area contributed by atoms with Crippen LogP contribution in [0.3, 0.4) is 0 Å². The Kier molecular flexibility index (Phi) is 3.28. The fraction of sp³-hybridized carbons (Fsp3) is 0.214. The summed E-state index contributed by atoms with van der Waals surface area (Å²) < 4.78 is 0. The lowest BCUT2D eigenvalue weighted by Crippen LogP contribution is -2.18. The van der Waals surface area contributed by atoms with Gasteiger partial charge in [-0.25, -0.2) is 4.98 Å². The number of nitrogens with two attached hydrogens (primary N) is 1. The summed E-state index contributed by atoms with van der Waals surface area (Å²) in [5, 5.41) is 0. The Morgan fingerprint density at radius 2 is 1.88 bits per heavy atom. The van der Waals surface area contributed by atoms with Gasteiger partial charge in [0, 0.05) is 19.8 Å². The third-order valence-corrected chi connectivity index (χ3v) is 2.77. The summed E-state index contributed by atoms with van der Waals surface area (Å²) in [6, 6.07) is 12.4. The predicted octanol–water partition coefficient (Wildman–Crippen LogP) is 2.61. The van der Waals surface area contributed by atoms with E-state index >= 15 is 0 Å². The molecule has 0 aliphatic rings. The highest BCUT2D eigenvalue weighted by molar-refractivity contribution is 5.62. The van der Waals surface area contributed by atoms with E-state index in [4.69, 9.17) is 5.73 Å². The normalized spacial score (nSPS) is 10.2. The van der Waals surface area contributed by atoms with Crippen molar-refractivity contribution < 1.29 is 0 Å². The molecular formula is C14H17N3. The Labute approximate surface area is 102 Å². The maximum Gasteiger partial charge on any atom is 0.146 e. The van der Waals surface area contributed by atoms with Gasteiger partial charge in [0.2, 0.25) is 0 Å². The zero-order valence-corrected chi connectivity index (χ0v) is 10.2. The average Bonchev–Trinajstić information content (AvgIpc) is 2.32. The van der Waals surface area contributed by atoms with E-state index in [0.717, 1.165) is 12.2 Å². The van der Waals surface area contributed by atoms with Gasteiger partial charge < -0.3 is 10.6 Å². The highest BCUT2D eigenvalue weighted by Crippen LogP contribution is 2.20. The summed E-state index contributed by atoms with van der Waals surface area (Å²) in [4.78, 5) is 6.20. The van der Waals surface area contributed by atoms with Crippen LogP contribution in [-0.2, 0) is 6.54 Å². The van der Waals surface area contributed by atoms with E-state index in [0.29, 0.717) is 5.82 Å². The first-order chi connectivity index (χ1) is 8.16. The summed E-state index contributed by atoms with van der Waals surface area (Å²) in [7, 11) is 2.02. The van der Waals surface area contributed by atoms with Crippen LogP contribution in [-0.4, -0.2) is 12.0 Å². The second kappa shape index (κ2) is 4.87. The van der Waals surface area contributed by atoms with Crippen molar-refractivity contribution in [1.82, 2.24) is 4.98 Å². The summed E-state index contributed by atoms with van der Waals surface area (Å²) in [5.41, 5.74) is 9.35. The number of aryl methyl sites for hydroxylation is 1. The molecule has 0 atom stereocenters. The van der Waals surface area contributed by atoms with Gasteiger partial charge in [0.1, 0.15) is 5.82 Å². The molecule has 1 aromatic carbocycles. The van der Waals surface area contributed by atoms with Crippen LogP contribution in [0.4, 0.5) is 11.5 Å². The van der Waals surface area contributed by atoms with Crippen molar-refractivity contribution in [2.75, 3.05) is 17.7 Å². The van der Waals surface area contributed by atoms with Crippen LogP contribution in [0.15, 0.2) is 42.6 Å². The molecule has 0 amide bonds. The van der Waals surface area contributed by atoms with Gasteiger partial charge >= 0.3 is 0 Å². The van der Waals surface area contributed by atoms with Crippen LogP contribution in [0.5, 0.6) is 0 Å². The highest BCUT2D eigenvalue weighted by atomic mass is 15.1. The van der Waals surface area contributed by atoms with Gasteiger partial charge in [-0.15, -0.1) is 0 Å². The molecule has 0 aliphatic carbocycles. The Morgan fingerprint density at radius 3 is 2.53 bits per heavy atom. The van der Waals surface area contributed by atoms with E-state index in [9.17, 15) is 0 Å². The number of pyridine rings is 1. The summed E-state index contributed by atoms with van der Waals surface area (Å²) in [6.45, 7) is 2.92. The summed E-state index contributed by atoms with van der Waals surface area (Å²) in [5.74, 6) is 0.571. The van der Waals surface area contributed by atoms with Crippen molar-refractivity contribution >= 4 is 11.5 Å². The van der Waals surface area contributed by atoms with Crippen LogP contribution in [0, 0.1) is 6.92 Å². The number of rotatable bonds is 3. The van der Waals surface area contributed by atoms with Crippen molar-refractivity contribution in [1.29, 1.82) is 0 Å². The lowest BCUT2D eigenvalue weighted by atomic mass is 10.1. The monoisotopic (exact) mass is 227 g/mol. The SMILES string of the molecule is Cc1ccc(CN(C)c2cccnc2N)cc1. The molecule has 2 rings (SSSR count). The molecule has 0 spiro atoms. The number of anilines is 2. The van der Waals surface area contributed by atoms with Crippen LogP contribution in [0.25, 0.3) is 0 Å². The lowest BCUT2D eigenvalue weighted by molar-refractivity contribution is 0.920. The van der Waals surface area contributed by atoms with Crippen LogP contribution < -0.4 is 10.6 Å². The standard InChI is InChI=1S/C14H17N3/c1-11-5-7-12(8-6-11)10-17(2)13-4-3-9-16-14(13)15/h3-9H,10H2,1-2H3,(H2,15,16). The molecule has 17 heavy (non-hydrogen) atoms. The zero-order valence-electron chi connectivity index (χ0n) is 10.2. The second-order valence-electron chi connectivity index (χ2n) is 4.25. The topological polar surface area (TPSA) is 42.2 Å². The molecule has 1 heterocycles. The largest absolute Gasteiger partial charge is 0.382 e. The predicted molar refractivity (Wildman–Crippen MR) is 71.9 cm³/mol. The van der Waals surface area contributed by atoms with E-state index in [1.807, 2.05) is 19.2 Å². The first-order valence-corrected chi connectivity index (χ1v) is 5.64. The summed E-state index contributed by atoms with van der Waals surface area (Å²) >= 11 is 0. The van der Waals surface area contributed by atoms with Crippen molar-refractivity contribution in [2.45, 2.75) is 13.5 Å². The molecule has 0 saturated carbocycles. The van der Waals surface area contributed by atoms with Gasteiger partial charge in [-0.3, -0.25) is 0 Å². The second-order valence-corrected chi connectivity index (χ2v) is 4.25. The first kappa shape index (κ1) is 11.5. The van der Waals surface area contributed by atoms with Gasteiger partial charge in [0.05, 0.1) is 5.69 Å². The van der Waals surface area contributed by atoms with Crippen molar-refractivity contribution in [3.05, 3.63) is 53.7 Å². The molecule has 3 nitrogen and oxygen atoms in total. The molecular weight excluding hydrogens is 210 g/mol. The van der Waals surface area contributed by atoms with Gasteiger partial charge in [0.25, 0.3) is 0 Å². The maximum atomic E-state index is 5.85. The molecule has 0 radical (unpaired) electrons. The smallest absolute Gasteiger partial charge is 0.146 e. The highest BCUT2D eigenvalue weighted by Gasteiger charge is 2.05. The summed E-state index contributed by atoms with van der Waals surface area (Å²) in [6.07, 6.45) is 1.71. The molecule has 0 aliphatic heterocycles. The Balaban J connectivity index is 2.14. The lowest BCUT2D eigenvalue weighted by Gasteiger charge is -2.20. The van der Waals surface area contributed by atoms with E-state index < -0.39 is 0 Å². The van der Waals surface area contributed by atoms with Crippen LogP contribution >= 0.6 is 0 Å². The number of benzene rings is 1. The third kappa shape index (κ3) is 2.75. The molecule has 0 saturated heterocycles. The van der Waals surface area contributed by atoms with E-state index in [-0.39, 0.29) is 0 Å². The van der Waals surface area contributed by atoms with Crippen molar-refractivity contribution in [3.63, 3.8) is 0 Å². The minimum atomic E-state index is 0.571. The number of hydrogen-bond donors (Lipinski definition) is 1. The van der Waals surface area contributed by atoms with E-state index in [1.165, 1.54) is 11.1 Å². The Bertz CT molecular complexity index is 491. The molecule has 2 aromatic rings. The molecule has 0 unspecified atom stereocenters. The Hall–Kier alpha value is -2.03. The number of aromatic nitrogens is 1.